The lowest BCUT2D eigenvalue weighted by Gasteiger charge is -2.07. The van der Waals surface area contributed by atoms with Crippen molar-refractivity contribution in [3.8, 4) is 0 Å². The number of alkyl halides is 1. The lowest BCUT2D eigenvalue weighted by molar-refractivity contribution is 0.205. The van der Waals surface area contributed by atoms with E-state index in [1.807, 2.05) is 24.3 Å². The summed E-state index contributed by atoms with van der Waals surface area (Å²) in [5, 5.41) is 10.0. The van der Waals surface area contributed by atoms with E-state index in [2.05, 4.69) is 15.9 Å². The second kappa shape index (κ2) is 4.60. The third-order valence-corrected chi connectivity index (χ3v) is 2.33. The zero-order valence-electron chi connectivity index (χ0n) is 6.70. The lowest BCUT2D eigenvalue weighted by Crippen LogP contribution is -2.01. The Morgan fingerprint density at radius 1 is 1.50 bits per heavy atom. The van der Waals surface area contributed by atoms with E-state index < -0.39 is 6.10 Å². The van der Waals surface area contributed by atoms with Crippen molar-refractivity contribution in [2.45, 2.75) is 12.6 Å². The fourth-order valence-electron chi connectivity index (χ4n) is 1.02. The molecule has 0 bridgehead atoms. The highest BCUT2D eigenvalue weighted by molar-refractivity contribution is 9.09. The van der Waals surface area contributed by atoms with E-state index in [-0.39, 0.29) is 0 Å². The van der Waals surface area contributed by atoms with Gasteiger partial charge in [0, 0.05) is 11.9 Å². The smallest absolute Gasteiger partial charge is 0.0886 e. The highest BCUT2D eigenvalue weighted by atomic mass is 79.9. The Hall–Kier alpha value is -0.380. The number of aliphatic hydroxyl groups excluding tert-OH is 1. The van der Waals surface area contributed by atoms with Crippen molar-refractivity contribution in [1.29, 1.82) is 0 Å². The fourth-order valence-corrected chi connectivity index (χ4v) is 1.39. The van der Waals surface area contributed by atoms with Crippen molar-refractivity contribution < 1.29 is 5.11 Å². The van der Waals surface area contributed by atoms with Crippen LogP contribution >= 0.6 is 15.9 Å². The lowest BCUT2D eigenvalue weighted by atomic mass is 10.1. The Kier molecular flexibility index (Phi) is 3.72. The van der Waals surface area contributed by atoms with Gasteiger partial charge in [0.1, 0.15) is 0 Å². The van der Waals surface area contributed by atoms with Gasteiger partial charge in [-0.2, -0.15) is 0 Å². The van der Waals surface area contributed by atoms with E-state index in [4.69, 9.17) is 5.73 Å². The van der Waals surface area contributed by atoms with E-state index in [1.54, 1.807) is 0 Å². The molecule has 12 heavy (non-hydrogen) atoms. The molecule has 2 nitrogen and oxygen atoms in total. The van der Waals surface area contributed by atoms with Gasteiger partial charge in [0.25, 0.3) is 0 Å². The third kappa shape index (κ3) is 2.30. The standard InChI is InChI=1S/C9H12BrNO/c10-5-9(12)8-3-1-2-7(4-8)6-11/h1-4,9,12H,5-6,11H2. The molecule has 1 unspecified atom stereocenters. The molecule has 66 valence electrons. The summed E-state index contributed by atoms with van der Waals surface area (Å²) in [7, 11) is 0. The molecule has 1 atom stereocenters. The molecule has 0 aliphatic heterocycles. The first kappa shape index (κ1) is 9.71. The average Bonchev–Trinajstić information content (AvgIpc) is 2.17. The normalized spacial score (nSPS) is 12.9. The summed E-state index contributed by atoms with van der Waals surface area (Å²) in [6.45, 7) is 0.517. The molecule has 0 aromatic heterocycles. The predicted octanol–water partition coefficient (Wildman–Crippen LogP) is 1.57. The molecule has 0 heterocycles. The van der Waals surface area contributed by atoms with Crippen LogP contribution < -0.4 is 5.73 Å². The molecule has 0 radical (unpaired) electrons. The van der Waals surface area contributed by atoms with Crippen molar-refractivity contribution >= 4 is 15.9 Å². The first-order valence-electron chi connectivity index (χ1n) is 3.81. The third-order valence-electron chi connectivity index (χ3n) is 1.72. The summed E-state index contributed by atoms with van der Waals surface area (Å²) in [6, 6.07) is 7.67. The summed E-state index contributed by atoms with van der Waals surface area (Å²) in [5.74, 6) is 0. The summed E-state index contributed by atoms with van der Waals surface area (Å²) in [4.78, 5) is 0. The molecule has 0 fully saturated rings. The van der Waals surface area contributed by atoms with E-state index in [9.17, 15) is 5.11 Å². The molecular formula is C9H12BrNO. The Balaban J connectivity index is 2.86. The quantitative estimate of drug-likeness (QED) is 0.774. The van der Waals surface area contributed by atoms with Gasteiger partial charge in [-0.05, 0) is 11.1 Å². The molecular weight excluding hydrogens is 218 g/mol. The maximum absolute atomic E-state index is 9.46. The largest absolute Gasteiger partial charge is 0.388 e. The average molecular weight is 230 g/mol. The highest BCUT2D eigenvalue weighted by Crippen LogP contribution is 2.15. The van der Waals surface area contributed by atoms with Gasteiger partial charge < -0.3 is 10.8 Å². The molecule has 0 aliphatic rings. The van der Waals surface area contributed by atoms with E-state index >= 15 is 0 Å². The van der Waals surface area contributed by atoms with Crippen molar-refractivity contribution in [2.24, 2.45) is 5.73 Å². The Bertz CT molecular complexity index is 252. The van der Waals surface area contributed by atoms with Gasteiger partial charge in [-0.15, -0.1) is 0 Å². The van der Waals surface area contributed by atoms with Crippen molar-refractivity contribution in [3.05, 3.63) is 35.4 Å². The number of aliphatic hydroxyl groups is 1. The number of benzene rings is 1. The number of hydrogen-bond acceptors (Lipinski definition) is 2. The molecule has 0 spiro atoms. The molecule has 3 N–H and O–H groups in total. The van der Waals surface area contributed by atoms with Crippen molar-refractivity contribution in [1.82, 2.24) is 0 Å². The number of hydrogen-bond donors (Lipinski definition) is 2. The van der Waals surface area contributed by atoms with Gasteiger partial charge in [0.05, 0.1) is 6.10 Å². The molecule has 0 aliphatic carbocycles. The molecule has 0 saturated heterocycles. The van der Waals surface area contributed by atoms with Gasteiger partial charge in [0.2, 0.25) is 0 Å². The van der Waals surface area contributed by atoms with Gasteiger partial charge in [-0.3, -0.25) is 0 Å². The number of rotatable bonds is 3. The zero-order valence-corrected chi connectivity index (χ0v) is 8.29. The maximum Gasteiger partial charge on any atom is 0.0886 e. The van der Waals surface area contributed by atoms with Crippen LogP contribution in [0.15, 0.2) is 24.3 Å². The Morgan fingerprint density at radius 3 is 2.83 bits per heavy atom. The van der Waals surface area contributed by atoms with Crippen LogP contribution in [0.2, 0.25) is 0 Å². The molecule has 3 heteroatoms. The molecule has 1 rings (SSSR count). The second-order valence-corrected chi connectivity index (χ2v) is 3.27. The predicted molar refractivity (Wildman–Crippen MR) is 53.1 cm³/mol. The van der Waals surface area contributed by atoms with Crippen LogP contribution in [-0.4, -0.2) is 10.4 Å². The van der Waals surface area contributed by atoms with Gasteiger partial charge in [0.15, 0.2) is 0 Å². The topological polar surface area (TPSA) is 46.2 Å². The maximum atomic E-state index is 9.46. The van der Waals surface area contributed by atoms with Crippen molar-refractivity contribution in [2.75, 3.05) is 5.33 Å². The van der Waals surface area contributed by atoms with E-state index in [0.717, 1.165) is 11.1 Å². The Labute approximate surface area is 80.5 Å². The van der Waals surface area contributed by atoms with Crippen molar-refractivity contribution in [3.63, 3.8) is 0 Å². The van der Waals surface area contributed by atoms with Crippen LogP contribution in [-0.2, 0) is 6.54 Å². The highest BCUT2D eigenvalue weighted by Gasteiger charge is 2.04. The number of halogens is 1. The van der Waals surface area contributed by atoms with Crippen LogP contribution in [0, 0.1) is 0 Å². The van der Waals surface area contributed by atoms with Crippen LogP contribution in [0.25, 0.3) is 0 Å². The summed E-state index contributed by atoms with van der Waals surface area (Å²) in [6.07, 6.45) is -0.434. The van der Waals surface area contributed by atoms with Gasteiger partial charge in [-0.1, -0.05) is 40.2 Å². The molecule has 1 aromatic carbocycles. The molecule has 0 saturated carbocycles. The zero-order chi connectivity index (χ0) is 8.97. The van der Waals surface area contributed by atoms with Gasteiger partial charge in [-0.25, -0.2) is 0 Å². The summed E-state index contributed by atoms with van der Waals surface area (Å²) in [5.41, 5.74) is 7.43. The second-order valence-electron chi connectivity index (χ2n) is 2.62. The minimum absolute atomic E-state index is 0.434. The summed E-state index contributed by atoms with van der Waals surface area (Å²) >= 11 is 3.22. The monoisotopic (exact) mass is 229 g/mol. The van der Waals surface area contributed by atoms with E-state index in [0.29, 0.717) is 11.9 Å². The summed E-state index contributed by atoms with van der Waals surface area (Å²) < 4.78 is 0. The SMILES string of the molecule is NCc1cccc(C(O)CBr)c1. The van der Waals surface area contributed by atoms with E-state index in [1.165, 1.54) is 0 Å². The minimum Gasteiger partial charge on any atom is -0.388 e. The first-order chi connectivity index (χ1) is 5.77. The minimum atomic E-state index is -0.434. The van der Waals surface area contributed by atoms with Gasteiger partial charge >= 0.3 is 0 Å². The van der Waals surface area contributed by atoms with Crippen LogP contribution in [0.3, 0.4) is 0 Å². The van der Waals surface area contributed by atoms with Crippen LogP contribution in [0.4, 0.5) is 0 Å². The fraction of sp³-hybridized carbons (Fsp3) is 0.333. The van der Waals surface area contributed by atoms with Crippen LogP contribution in [0.5, 0.6) is 0 Å². The van der Waals surface area contributed by atoms with Crippen LogP contribution in [0.1, 0.15) is 17.2 Å². The molecule has 1 aromatic rings. The Morgan fingerprint density at radius 2 is 2.25 bits per heavy atom. The molecule has 0 amide bonds. The first-order valence-corrected chi connectivity index (χ1v) is 4.93. The number of nitrogens with two attached hydrogens (primary N) is 1.